The summed E-state index contributed by atoms with van der Waals surface area (Å²) in [6.45, 7) is 7.75. The van der Waals surface area contributed by atoms with Gasteiger partial charge in [-0.3, -0.25) is 4.79 Å². The summed E-state index contributed by atoms with van der Waals surface area (Å²) in [6, 6.07) is 0. The molecule has 10 heavy (non-hydrogen) atoms. The molecule has 2 heteroatoms. The zero-order valence-corrected chi connectivity index (χ0v) is 8.03. The summed E-state index contributed by atoms with van der Waals surface area (Å²) in [6.07, 6.45) is 0.819. The minimum Gasteiger partial charge on any atom is -0.298 e. The molecule has 0 rings (SSSR count). The first kappa shape index (κ1) is 10.0. The van der Waals surface area contributed by atoms with E-state index in [4.69, 9.17) is 0 Å². The molecule has 0 fully saturated rings. The van der Waals surface area contributed by atoms with Crippen molar-refractivity contribution in [3.8, 4) is 0 Å². The van der Waals surface area contributed by atoms with E-state index in [-0.39, 0.29) is 16.4 Å². The summed E-state index contributed by atoms with van der Waals surface area (Å²) in [5.74, 6) is 0.235. The number of hydrogen-bond donors (Lipinski definition) is 1. The van der Waals surface area contributed by atoms with Crippen LogP contribution in [-0.2, 0) is 4.79 Å². The van der Waals surface area contributed by atoms with Crippen molar-refractivity contribution in [3.63, 3.8) is 0 Å². The zero-order valence-electron chi connectivity index (χ0n) is 7.14. The van der Waals surface area contributed by atoms with E-state index in [1.807, 2.05) is 27.7 Å². The van der Waals surface area contributed by atoms with Gasteiger partial charge in [-0.05, 0) is 6.42 Å². The van der Waals surface area contributed by atoms with E-state index < -0.39 is 0 Å². The van der Waals surface area contributed by atoms with Gasteiger partial charge >= 0.3 is 0 Å². The molecule has 1 nitrogen and oxygen atoms in total. The molecule has 0 amide bonds. The number of rotatable bonds is 2. The topological polar surface area (TPSA) is 17.1 Å². The van der Waals surface area contributed by atoms with Gasteiger partial charge in [0.15, 0.2) is 5.78 Å². The van der Waals surface area contributed by atoms with Crippen molar-refractivity contribution in [1.29, 1.82) is 0 Å². The number of carbonyl (C=O) groups excluding carboxylic acids is 1. The quantitative estimate of drug-likeness (QED) is 0.613. The maximum Gasteiger partial charge on any atom is 0.150 e. The first-order valence-corrected chi connectivity index (χ1v) is 4.13. The van der Waals surface area contributed by atoms with Gasteiger partial charge < -0.3 is 0 Å². The second-order valence-electron chi connectivity index (χ2n) is 3.54. The van der Waals surface area contributed by atoms with Gasteiger partial charge in [0.25, 0.3) is 0 Å². The molecule has 0 aromatic heterocycles. The van der Waals surface area contributed by atoms with E-state index in [1.54, 1.807) is 0 Å². The van der Waals surface area contributed by atoms with Crippen molar-refractivity contribution in [2.75, 3.05) is 0 Å². The van der Waals surface area contributed by atoms with Gasteiger partial charge in [-0.2, -0.15) is 12.6 Å². The van der Waals surface area contributed by atoms with Gasteiger partial charge in [-0.1, -0.05) is 27.7 Å². The third-order valence-corrected chi connectivity index (χ3v) is 2.03. The third kappa shape index (κ3) is 2.74. The molecule has 0 aromatic rings. The van der Waals surface area contributed by atoms with E-state index in [2.05, 4.69) is 12.6 Å². The molecule has 0 bridgehead atoms. The lowest BCUT2D eigenvalue weighted by molar-refractivity contribution is -0.125. The molecule has 1 unspecified atom stereocenters. The average molecular weight is 160 g/mol. The van der Waals surface area contributed by atoms with Crippen molar-refractivity contribution < 1.29 is 4.79 Å². The molecular formula is C8H16OS. The molecule has 0 heterocycles. The van der Waals surface area contributed by atoms with Crippen molar-refractivity contribution >= 4 is 18.4 Å². The first-order chi connectivity index (χ1) is 4.39. The van der Waals surface area contributed by atoms with Gasteiger partial charge in [-0.25, -0.2) is 0 Å². The van der Waals surface area contributed by atoms with Crippen LogP contribution in [0, 0.1) is 5.41 Å². The van der Waals surface area contributed by atoms with Crippen molar-refractivity contribution in [2.45, 2.75) is 39.4 Å². The molecule has 0 aliphatic rings. The Morgan fingerprint density at radius 2 is 1.90 bits per heavy atom. The van der Waals surface area contributed by atoms with Crippen LogP contribution in [0.15, 0.2) is 0 Å². The van der Waals surface area contributed by atoms with Crippen LogP contribution in [-0.4, -0.2) is 11.0 Å². The molecular weight excluding hydrogens is 144 g/mol. The highest BCUT2D eigenvalue weighted by Gasteiger charge is 2.25. The fraction of sp³-hybridized carbons (Fsp3) is 0.875. The normalized spacial score (nSPS) is 14.9. The average Bonchev–Trinajstić information content (AvgIpc) is 1.83. The van der Waals surface area contributed by atoms with Crippen molar-refractivity contribution in [3.05, 3.63) is 0 Å². The van der Waals surface area contributed by atoms with Gasteiger partial charge in [0.2, 0.25) is 0 Å². The maximum atomic E-state index is 11.3. The van der Waals surface area contributed by atoms with Crippen molar-refractivity contribution in [2.24, 2.45) is 5.41 Å². The molecule has 0 radical (unpaired) electrons. The number of carbonyl (C=O) groups is 1. The first-order valence-electron chi connectivity index (χ1n) is 3.62. The summed E-state index contributed by atoms with van der Waals surface area (Å²) in [7, 11) is 0. The monoisotopic (exact) mass is 160 g/mol. The highest BCUT2D eigenvalue weighted by molar-refractivity contribution is 7.81. The Kier molecular flexibility index (Phi) is 3.43. The van der Waals surface area contributed by atoms with Gasteiger partial charge in [0, 0.05) is 5.41 Å². The maximum absolute atomic E-state index is 11.3. The van der Waals surface area contributed by atoms with Crippen LogP contribution in [0.25, 0.3) is 0 Å². The minimum atomic E-state index is -0.234. The van der Waals surface area contributed by atoms with Crippen LogP contribution in [0.3, 0.4) is 0 Å². The van der Waals surface area contributed by atoms with Crippen LogP contribution in [0.4, 0.5) is 0 Å². The second kappa shape index (κ2) is 3.42. The minimum absolute atomic E-state index is 0.0833. The molecule has 0 aliphatic heterocycles. The van der Waals surface area contributed by atoms with Crippen LogP contribution in [0.2, 0.25) is 0 Å². The lowest BCUT2D eigenvalue weighted by Crippen LogP contribution is -2.28. The molecule has 60 valence electrons. The Hall–Kier alpha value is 0.0200. The molecule has 0 N–H and O–H groups in total. The number of ketones is 1. The molecule has 0 aromatic carbocycles. The Labute approximate surface area is 68.6 Å². The summed E-state index contributed by atoms with van der Waals surface area (Å²) >= 11 is 4.17. The molecule has 0 saturated heterocycles. The molecule has 0 aliphatic carbocycles. The van der Waals surface area contributed by atoms with Crippen LogP contribution in [0.1, 0.15) is 34.1 Å². The predicted molar refractivity (Wildman–Crippen MR) is 47.5 cm³/mol. The Balaban J connectivity index is 4.09. The summed E-state index contributed by atoms with van der Waals surface area (Å²) in [5, 5.41) is -0.0833. The Morgan fingerprint density at radius 1 is 1.50 bits per heavy atom. The van der Waals surface area contributed by atoms with Crippen LogP contribution < -0.4 is 0 Å². The van der Waals surface area contributed by atoms with E-state index >= 15 is 0 Å². The van der Waals surface area contributed by atoms with Crippen LogP contribution >= 0.6 is 12.6 Å². The summed E-state index contributed by atoms with van der Waals surface area (Å²) in [4.78, 5) is 11.3. The van der Waals surface area contributed by atoms with Crippen LogP contribution in [0.5, 0.6) is 0 Å². The lowest BCUT2D eigenvalue weighted by atomic mass is 9.88. The largest absolute Gasteiger partial charge is 0.298 e. The standard InChI is InChI=1S/C8H16OS/c1-5-6(10)7(9)8(2,3)4/h6,10H,5H2,1-4H3. The molecule has 0 spiro atoms. The fourth-order valence-corrected chi connectivity index (χ4v) is 1.07. The number of thiol groups is 1. The number of Topliss-reactive ketones (excluding diaryl/α,β-unsaturated/α-hetero) is 1. The number of hydrogen-bond acceptors (Lipinski definition) is 2. The van der Waals surface area contributed by atoms with E-state index in [0.29, 0.717) is 0 Å². The third-order valence-electron chi connectivity index (χ3n) is 1.43. The highest BCUT2D eigenvalue weighted by Crippen LogP contribution is 2.20. The second-order valence-corrected chi connectivity index (χ2v) is 4.16. The Bertz CT molecular complexity index is 124. The predicted octanol–water partition coefficient (Wildman–Crippen LogP) is 2.31. The van der Waals surface area contributed by atoms with E-state index in [1.165, 1.54) is 0 Å². The lowest BCUT2D eigenvalue weighted by Gasteiger charge is -2.19. The summed E-state index contributed by atoms with van der Waals surface area (Å²) < 4.78 is 0. The fourth-order valence-electron chi connectivity index (χ4n) is 0.685. The summed E-state index contributed by atoms with van der Waals surface area (Å²) in [5.41, 5.74) is -0.234. The van der Waals surface area contributed by atoms with Gasteiger partial charge in [0.1, 0.15) is 0 Å². The highest BCUT2D eigenvalue weighted by atomic mass is 32.1. The van der Waals surface area contributed by atoms with Crippen molar-refractivity contribution in [1.82, 2.24) is 0 Å². The molecule has 1 atom stereocenters. The van der Waals surface area contributed by atoms with E-state index in [0.717, 1.165) is 6.42 Å². The Morgan fingerprint density at radius 3 is 2.00 bits per heavy atom. The van der Waals surface area contributed by atoms with Gasteiger partial charge in [-0.15, -0.1) is 0 Å². The molecule has 0 saturated carbocycles. The van der Waals surface area contributed by atoms with E-state index in [9.17, 15) is 4.79 Å². The smallest absolute Gasteiger partial charge is 0.150 e. The zero-order chi connectivity index (χ0) is 8.36. The van der Waals surface area contributed by atoms with Gasteiger partial charge in [0.05, 0.1) is 5.25 Å². The SMILES string of the molecule is CCC(S)C(=O)C(C)(C)C.